The molecule has 0 aromatic heterocycles. The fourth-order valence-electron chi connectivity index (χ4n) is 2.00. The summed E-state index contributed by atoms with van der Waals surface area (Å²) in [7, 11) is 0. The lowest BCUT2D eigenvalue weighted by Crippen LogP contribution is -1.96. The first-order chi connectivity index (χ1) is 8.81. The van der Waals surface area contributed by atoms with Crippen LogP contribution in [0.15, 0.2) is 29.4 Å². The van der Waals surface area contributed by atoms with Crippen LogP contribution in [-0.2, 0) is 6.42 Å². The van der Waals surface area contributed by atoms with Gasteiger partial charge in [0.15, 0.2) is 0 Å². The quantitative estimate of drug-likeness (QED) is 0.319. The average Bonchev–Trinajstić information content (AvgIpc) is 2.39. The first-order valence-electron chi connectivity index (χ1n) is 6.55. The third-order valence-electron chi connectivity index (χ3n) is 2.98. The standard InChI is InChI=1S/C14H21N3O/c1-2-5-12-7-9-13(10-8-12)14(16-17-15)6-3-4-11-18/h7-10,14,18H,2-6,11H2,1H3. The Morgan fingerprint density at radius 1 is 1.28 bits per heavy atom. The van der Waals surface area contributed by atoms with Gasteiger partial charge in [-0.1, -0.05) is 49.1 Å². The van der Waals surface area contributed by atoms with Crippen molar-refractivity contribution in [1.29, 1.82) is 0 Å². The molecule has 1 atom stereocenters. The lowest BCUT2D eigenvalue weighted by atomic mass is 9.99. The molecule has 1 N–H and O–H groups in total. The van der Waals surface area contributed by atoms with E-state index >= 15 is 0 Å². The van der Waals surface area contributed by atoms with Crippen molar-refractivity contribution in [2.75, 3.05) is 6.61 Å². The van der Waals surface area contributed by atoms with Gasteiger partial charge in [-0.15, -0.1) is 0 Å². The fourth-order valence-corrected chi connectivity index (χ4v) is 2.00. The molecule has 4 heteroatoms. The first-order valence-corrected chi connectivity index (χ1v) is 6.55. The van der Waals surface area contributed by atoms with Crippen LogP contribution >= 0.6 is 0 Å². The number of hydrogen-bond acceptors (Lipinski definition) is 2. The van der Waals surface area contributed by atoms with Crippen molar-refractivity contribution < 1.29 is 5.11 Å². The van der Waals surface area contributed by atoms with E-state index in [1.807, 2.05) is 12.1 Å². The minimum atomic E-state index is -0.114. The predicted octanol–water partition coefficient (Wildman–Crippen LogP) is 4.15. The Kier molecular flexibility index (Phi) is 6.92. The Bertz CT molecular complexity index is 383. The Balaban J connectivity index is 2.69. The van der Waals surface area contributed by atoms with Gasteiger partial charge in [-0.3, -0.25) is 0 Å². The van der Waals surface area contributed by atoms with Gasteiger partial charge in [-0.2, -0.15) is 0 Å². The highest BCUT2D eigenvalue weighted by atomic mass is 16.2. The second-order valence-corrected chi connectivity index (χ2v) is 4.43. The van der Waals surface area contributed by atoms with Crippen LogP contribution in [0.3, 0.4) is 0 Å². The number of unbranched alkanes of at least 4 members (excludes halogenated alkanes) is 1. The molecule has 98 valence electrons. The summed E-state index contributed by atoms with van der Waals surface area (Å²) in [6.07, 6.45) is 4.63. The maximum Gasteiger partial charge on any atom is 0.0625 e. The maximum absolute atomic E-state index is 8.77. The van der Waals surface area contributed by atoms with Crippen LogP contribution in [0.25, 0.3) is 10.4 Å². The Hall–Kier alpha value is -1.51. The first kappa shape index (κ1) is 14.6. The summed E-state index contributed by atoms with van der Waals surface area (Å²) >= 11 is 0. The normalized spacial score (nSPS) is 11.9. The van der Waals surface area contributed by atoms with Gasteiger partial charge in [0.1, 0.15) is 0 Å². The molecule has 0 radical (unpaired) electrons. The average molecular weight is 247 g/mol. The largest absolute Gasteiger partial charge is 0.396 e. The van der Waals surface area contributed by atoms with Crippen molar-refractivity contribution in [3.05, 3.63) is 45.8 Å². The van der Waals surface area contributed by atoms with Gasteiger partial charge in [0.25, 0.3) is 0 Å². The van der Waals surface area contributed by atoms with Gasteiger partial charge in [0.05, 0.1) is 6.04 Å². The summed E-state index contributed by atoms with van der Waals surface area (Å²) in [5.41, 5.74) is 11.0. The smallest absolute Gasteiger partial charge is 0.0625 e. The molecule has 0 spiro atoms. The second-order valence-electron chi connectivity index (χ2n) is 4.43. The molecule has 0 saturated heterocycles. The highest BCUT2D eigenvalue weighted by molar-refractivity contribution is 5.25. The third-order valence-corrected chi connectivity index (χ3v) is 2.98. The van der Waals surface area contributed by atoms with Crippen molar-refractivity contribution in [1.82, 2.24) is 0 Å². The molecule has 0 aliphatic heterocycles. The number of nitrogens with zero attached hydrogens (tertiary/aromatic N) is 3. The molecule has 1 aromatic rings. The van der Waals surface area contributed by atoms with E-state index in [0.717, 1.165) is 37.7 Å². The third kappa shape index (κ3) is 4.78. The molecule has 1 rings (SSSR count). The number of aliphatic hydroxyl groups is 1. The second kappa shape index (κ2) is 8.56. The van der Waals surface area contributed by atoms with Crippen molar-refractivity contribution in [2.24, 2.45) is 5.11 Å². The molecule has 1 aromatic carbocycles. The van der Waals surface area contributed by atoms with E-state index in [1.165, 1.54) is 5.56 Å². The number of aryl methyl sites for hydroxylation is 1. The van der Waals surface area contributed by atoms with Crippen LogP contribution < -0.4 is 0 Å². The van der Waals surface area contributed by atoms with Crippen molar-refractivity contribution in [2.45, 2.75) is 45.1 Å². The molecule has 0 aliphatic carbocycles. The monoisotopic (exact) mass is 247 g/mol. The van der Waals surface area contributed by atoms with Gasteiger partial charge < -0.3 is 5.11 Å². The molecule has 0 fully saturated rings. The zero-order chi connectivity index (χ0) is 13.2. The van der Waals surface area contributed by atoms with Gasteiger partial charge >= 0.3 is 0 Å². The number of azide groups is 1. The molecule has 0 amide bonds. The maximum atomic E-state index is 8.77. The minimum absolute atomic E-state index is 0.114. The van der Waals surface area contributed by atoms with Crippen LogP contribution in [0.5, 0.6) is 0 Å². The van der Waals surface area contributed by atoms with Gasteiger partial charge in [-0.05, 0) is 35.9 Å². The summed E-state index contributed by atoms with van der Waals surface area (Å²) in [4.78, 5) is 2.91. The van der Waals surface area contributed by atoms with E-state index < -0.39 is 0 Å². The molecule has 4 nitrogen and oxygen atoms in total. The number of aliphatic hydroxyl groups excluding tert-OH is 1. The summed E-state index contributed by atoms with van der Waals surface area (Å²) in [6.45, 7) is 2.35. The van der Waals surface area contributed by atoms with Gasteiger partial charge in [0, 0.05) is 11.5 Å². The van der Waals surface area contributed by atoms with Crippen LogP contribution in [-0.4, -0.2) is 11.7 Å². The van der Waals surface area contributed by atoms with E-state index in [1.54, 1.807) is 0 Å². The highest BCUT2D eigenvalue weighted by Gasteiger charge is 2.08. The lowest BCUT2D eigenvalue weighted by Gasteiger charge is -2.11. The van der Waals surface area contributed by atoms with Crippen molar-refractivity contribution >= 4 is 0 Å². The number of rotatable bonds is 8. The molecule has 0 saturated carbocycles. The Morgan fingerprint density at radius 2 is 2.00 bits per heavy atom. The summed E-state index contributed by atoms with van der Waals surface area (Å²) in [6, 6.07) is 8.18. The van der Waals surface area contributed by atoms with E-state index in [2.05, 4.69) is 29.1 Å². The molecular formula is C14H21N3O. The van der Waals surface area contributed by atoms with E-state index in [4.69, 9.17) is 10.6 Å². The van der Waals surface area contributed by atoms with Crippen molar-refractivity contribution in [3.8, 4) is 0 Å². The van der Waals surface area contributed by atoms with E-state index in [0.29, 0.717) is 0 Å². The molecular weight excluding hydrogens is 226 g/mol. The van der Waals surface area contributed by atoms with Gasteiger partial charge in [-0.25, -0.2) is 0 Å². The zero-order valence-electron chi connectivity index (χ0n) is 10.9. The van der Waals surface area contributed by atoms with Gasteiger partial charge in [0.2, 0.25) is 0 Å². The fraction of sp³-hybridized carbons (Fsp3) is 0.571. The number of benzene rings is 1. The predicted molar refractivity (Wildman–Crippen MR) is 73.3 cm³/mol. The minimum Gasteiger partial charge on any atom is -0.396 e. The van der Waals surface area contributed by atoms with E-state index in [-0.39, 0.29) is 12.6 Å². The molecule has 0 aliphatic rings. The molecule has 18 heavy (non-hydrogen) atoms. The highest BCUT2D eigenvalue weighted by Crippen LogP contribution is 2.24. The zero-order valence-corrected chi connectivity index (χ0v) is 10.9. The van der Waals surface area contributed by atoms with Crippen LogP contribution in [0.4, 0.5) is 0 Å². The molecule has 0 bridgehead atoms. The van der Waals surface area contributed by atoms with E-state index in [9.17, 15) is 0 Å². The summed E-state index contributed by atoms with van der Waals surface area (Å²) in [5, 5.41) is 12.6. The Morgan fingerprint density at radius 3 is 2.56 bits per heavy atom. The van der Waals surface area contributed by atoms with Crippen LogP contribution in [0.1, 0.15) is 49.8 Å². The molecule has 0 heterocycles. The van der Waals surface area contributed by atoms with Crippen LogP contribution in [0.2, 0.25) is 0 Å². The topological polar surface area (TPSA) is 69.0 Å². The Labute approximate surface area is 108 Å². The lowest BCUT2D eigenvalue weighted by molar-refractivity contribution is 0.281. The molecule has 1 unspecified atom stereocenters. The van der Waals surface area contributed by atoms with Crippen LogP contribution in [0, 0.1) is 0 Å². The number of hydrogen-bond donors (Lipinski definition) is 1. The summed E-state index contributed by atoms with van der Waals surface area (Å²) < 4.78 is 0. The van der Waals surface area contributed by atoms with Crippen molar-refractivity contribution in [3.63, 3.8) is 0 Å². The summed E-state index contributed by atoms with van der Waals surface area (Å²) in [5.74, 6) is 0. The SMILES string of the molecule is CCCc1ccc(C(CCCCO)N=[N+]=[N-])cc1.